The summed E-state index contributed by atoms with van der Waals surface area (Å²) < 4.78 is 5.28. The maximum absolute atomic E-state index is 13.7. The molecule has 0 saturated carbocycles. The van der Waals surface area contributed by atoms with Crippen molar-refractivity contribution in [3.63, 3.8) is 0 Å². The summed E-state index contributed by atoms with van der Waals surface area (Å²) in [5.74, 6) is -1.79. The Labute approximate surface area is 213 Å². The third-order valence-electron chi connectivity index (χ3n) is 5.10. The Balaban J connectivity index is 3.37. The van der Waals surface area contributed by atoms with E-state index in [0.29, 0.717) is 12.1 Å². The van der Waals surface area contributed by atoms with Crippen molar-refractivity contribution in [1.82, 2.24) is 15.5 Å². The highest BCUT2D eigenvalue weighted by Gasteiger charge is 2.36. The Hall–Kier alpha value is -3.56. The Morgan fingerprint density at radius 2 is 1.92 bits per heavy atom. The summed E-state index contributed by atoms with van der Waals surface area (Å²) in [4.78, 5) is 52.2. The molecule has 0 radical (unpaired) electrons. The molecule has 0 saturated heterocycles. The van der Waals surface area contributed by atoms with Gasteiger partial charge in [0.1, 0.15) is 23.4 Å². The van der Waals surface area contributed by atoms with E-state index < -0.39 is 41.5 Å². The maximum atomic E-state index is 13.7. The molecule has 10 heteroatoms. The van der Waals surface area contributed by atoms with Crippen molar-refractivity contribution >= 4 is 23.8 Å². The molecule has 1 aromatic rings. The molecule has 0 fully saturated rings. The number of hydrogen-bond acceptors (Lipinski definition) is 6. The van der Waals surface area contributed by atoms with Gasteiger partial charge in [0.25, 0.3) is 0 Å². The molecule has 5 N–H and O–H groups in total. The topological polar surface area (TPSA) is 151 Å². The van der Waals surface area contributed by atoms with Crippen LogP contribution in [0.5, 0.6) is 5.75 Å². The zero-order chi connectivity index (χ0) is 27.3. The Morgan fingerprint density at radius 1 is 1.22 bits per heavy atom. The van der Waals surface area contributed by atoms with Crippen molar-refractivity contribution in [1.29, 1.82) is 0 Å². The standard InChI is InChI=1S/C26H40N4O6/c1-6-8-9-15-28-23(33)22(18-11-10-12-19(31)17-18)30(16-7-2)24(34)20(13-14-21(27)32)29-25(35)36-26(3,4)5/h7,10-12,17,20,22,31H,2,6,8-9,13-16H2,1,3-5H3,(H2,27,32)(H,28,33)(H,29,35). The fraction of sp³-hybridized carbons (Fsp3) is 0.538. The lowest BCUT2D eigenvalue weighted by Gasteiger charge is -2.34. The number of benzene rings is 1. The molecule has 0 aliphatic rings. The molecule has 0 heterocycles. The summed E-state index contributed by atoms with van der Waals surface area (Å²) in [6.45, 7) is 11.2. The molecule has 2 atom stereocenters. The quantitative estimate of drug-likeness (QED) is 0.226. The predicted octanol–water partition coefficient (Wildman–Crippen LogP) is 2.91. The van der Waals surface area contributed by atoms with Crippen LogP contribution in [0, 0.1) is 0 Å². The Morgan fingerprint density at radius 3 is 2.47 bits per heavy atom. The summed E-state index contributed by atoms with van der Waals surface area (Å²) >= 11 is 0. The number of primary amides is 1. The van der Waals surface area contributed by atoms with E-state index in [9.17, 15) is 24.3 Å². The molecule has 10 nitrogen and oxygen atoms in total. The number of phenolic OH excluding ortho intramolecular Hbond substituents is 1. The van der Waals surface area contributed by atoms with Crippen molar-refractivity contribution < 1.29 is 29.0 Å². The number of alkyl carbamates (subject to hydrolysis) is 1. The SMILES string of the molecule is C=CCN(C(=O)C(CCC(N)=O)NC(=O)OC(C)(C)C)C(C(=O)NCCCCC)c1cccc(O)c1. The lowest BCUT2D eigenvalue weighted by molar-refractivity contribution is -0.142. The van der Waals surface area contributed by atoms with Gasteiger partial charge in [0.2, 0.25) is 17.7 Å². The number of aromatic hydroxyl groups is 1. The first-order valence-electron chi connectivity index (χ1n) is 12.2. The van der Waals surface area contributed by atoms with E-state index in [0.717, 1.165) is 19.3 Å². The lowest BCUT2D eigenvalue weighted by Crippen LogP contribution is -2.53. The van der Waals surface area contributed by atoms with Crippen LogP contribution in [0.3, 0.4) is 0 Å². The molecular weight excluding hydrogens is 464 g/mol. The van der Waals surface area contributed by atoms with E-state index in [1.807, 2.05) is 6.92 Å². The number of ether oxygens (including phenoxy) is 1. The number of nitrogens with zero attached hydrogens (tertiary/aromatic N) is 1. The van der Waals surface area contributed by atoms with E-state index >= 15 is 0 Å². The summed E-state index contributed by atoms with van der Waals surface area (Å²) in [6.07, 6.45) is 3.02. The van der Waals surface area contributed by atoms with Crippen LogP contribution < -0.4 is 16.4 Å². The van der Waals surface area contributed by atoms with Gasteiger partial charge >= 0.3 is 6.09 Å². The van der Waals surface area contributed by atoms with Gasteiger partial charge in [-0.25, -0.2) is 4.79 Å². The minimum absolute atomic E-state index is 0.0371. The number of phenols is 1. The zero-order valence-corrected chi connectivity index (χ0v) is 21.7. The number of rotatable bonds is 14. The van der Waals surface area contributed by atoms with E-state index in [1.165, 1.54) is 23.1 Å². The van der Waals surface area contributed by atoms with Crippen molar-refractivity contribution in [2.75, 3.05) is 13.1 Å². The zero-order valence-electron chi connectivity index (χ0n) is 21.7. The first-order valence-corrected chi connectivity index (χ1v) is 12.2. The second-order valence-corrected chi connectivity index (χ2v) is 9.48. The third kappa shape index (κ3) is 10.8. The van der Waals surface area contributed by atoms with Gasteiger partial charge in [-0.2, -0.15) is 0 Å². The van der Waals surface area contributed by atoms with E-state index in [4.69, 9.17) is 10.5 Å². The smallest absolute Gasteiger partial charge is 0.408 e. The Kier molecular flexibility index (Phi) is 12.5. The highest BCUT2D eigenvalue weighted by molar-refractivity contribution is 5.92. The summed E-state index contributed by atoms with van der Waals surface area (Å²) in [7, 11) is 0. The molecule has 0 aliphatic heterocycles. The van der Waals surface area contributed by atoms with Gasteiger partial charge < -0.3 is 31.1 Å². The number of hydrogen-bond donors (Lipinski definition) is 4. The monoisotopic (exact) mass is 504 g/mol. The molecule has 36 heavy (non-hydrogen) atoms. The first-order chi connectivity index (χ1) is 16.9. The fourth-order valence-corrected chi connectivity index (χ4v) is 3.51. The number of nitrogens with two attached hydrogens (primary N) is 1. The number of carbonyl (C=O) groups is 4. The Bertz CT molecular complexity index is 912. The second kappa shape index (κ2) is 14.8. The van der Waals surface area contributed by atoms with Gasteiger partial charge in [-0.3, -0.25) is 14.4 Å². The molecule has 4 amide bonds. The molecule has 0 aliphatic carbocycles. The van der Waals surface area contributed by atoms with Crippen LogP contribution in [0.25, 0.3) is 0 Å². The lowest BCUT2D eigenvalue weighted by atomic mass is 10.0. The average molecular weight is 505 g/mol. The predicted molar refractivity (Wildman–Crippen MR) is 137 cm³/mol. The highest BCUT2D eigenvalue weighted by Crippen LogP contribution is 2.26. The first kappa shape index (κ1) is 30.5. The van der Waals surface area contributed by atoms with Crippen LogP contribution in [-0.4, -0.2) is 58.6 Å². The minimum atomic E-state index is -1.19. The molecule has 2 unspecified atom stereocenters. The number of unbranched alkanes of at least 4 members (excludes halogenated alkanes) is 2. The van der Waals surface area contributed by atoms with Crippen LogP contribution in [0.15, 0.2) is 36.9 Å². The van der Waals surface area contributed by atoms with Crippen molar-refractivity contribution in [2.45, 2.75) is 77.5 Å². The number of nitrogens with one attached hydrogen (secondary N) is 2. The molecule has 200 valence electrons. The highest BCUT2D eigenvalue weighted by atomic mass is 16.6. The van der Waals surface area contributed by atoms with E-state index in [2.05, 4.69) is 17.2 Å². The number of amides is 4. The number of carbonyl (C=O) groups excluding carboxylic acids is 4. The second-order valence-electron chi connectivity index (χ2n) is 9.48. The molecule has 0 bridgehead atoms. The fourth-order valence-electron chi connectivity index (χ4n) is 3.51. The van der Waals surface area contributed by atoms with Gasteiger partial charge in [0, 0.05) is 19.5 Å². The van der Waals surface area contributed by atoms with Crippen LogP contribution in [0.4, 0.5) is 4.79 Å². The molecular formula is C26H40N4O6. The van der Waals surface area contributed by atoms with Gasteiger partial charge in [0.05, 0.1) is 0 Å². The van der Waals surface area contributed by atoms with Crippen molar-refractivity contribution in [2.24, 2.45) is 5.73 Å². The normalized spacial score (nSPS) is 12.7. The van der Waals surface area contributed by atoms with Gasteiger partial charge in [0.15, 0.2) is 0 Å². The molecule has 0 aromatic heterocycles. The largest absolute Gasteiger partial charge is 0.508 e. The summed E-state index contributed by atoms with van der Waals surface area (Å²) in [5, 5.41) is 15.4. The third-order valence-corrected chi connectivity index (χ3v) is 5.10. The van der Waals surface area contributed by atoms with Crippen LogP contribution in [0.1, 0.15) is 71.4 Å². The van der Waals surface area contributed by atoms with Crippen molar-refractivity contribution in [3.05, 3.63) is 42.5 Å². The average Bonchev–Trinajstić information content (AvgIpc) is 2.77. The molecule has 1 aromatic carbocycles. The maximum Gasteiger partial charge on any atom is 0.408 e. The molecule has 1 rings (SSSR count). The van der Waals surface area contributed by atoms with Gasteiger partial charge in [-0.05, 0) is 51.3 Å². The van der Waals surface area contributed by atoms with Gasteiger partial charge in [-0.15, -0.1) is 6.58 Å². The van der Waals surface area contributed by atoms with Gasteiger partial charge in [-0.1, -0.05) is 38.0 Å². The van der Waals surface area contributed by atoms with Crippen LogP contribution in [0.2, 0.25) is 0 Å². The van der Waals surface area contributed by atoms with Crippen LogP contribution >= 0.6 is 0 Å². The van der Waals surface area contributed by atoms with E-state index in [1.54, 1.807) is 32.9 Å². The molecule has 0 spiro atoms. The summed E-state index contributed by atoms with van der Waals surface area (Å²) in [5.41, 5.74) is 4.85. The van der Waals surface area contributed by atoms with E-state index in [-0.39, 0.29) is 25.1 Å². The van der Waals surface area contributed by atoms with Crippen molar-refractivity contribution in [3.8, 4) is 5.75 Å². The van der Waals surface area contributed by atoms with Crippen LogP contribution in [-0.2, 0) is 19.1 Å². The minimum Gasteiger partial charge on any atom is -0.508 e. The summed E-state index contributed by atoms with van der Waals surface area (Å²) in [6, 6.07) is 3.74.